The van der Waals surface area contributed by atoms with E-state index in [0.29, 0.717) is 5.41 Å². The van der Waals surface area contributed by atoms with Gasteiger partial charge < -0.3 is 10.2 Å². The summed E-state index contributed by atoms with van der Waals surface area (Å²) >= 11 is 0. The van der Waals surface area contributed by atoms with Crippen LogP contribution in [0.15, 0.2) is 0 Å². The van der Waals surface area contributed by atoms with Crippen LogP contribution in [0.3, 0.4) is 0 Å². The standard InChI is InChI=1S/C17H34N2/c1-3-19(4-2)15-12-17(10-13-18-14-11-17)16-8-6-5-7-9-16/h16,18H,3-15H2,1-2H3. The minimum atomic E-state index is 0.675. The van der Waals surface area contributed by atoms with Crippen LogP contribution in [-0.4, -0.2) is 37.6 Å². The highest BCUT2D eigenvalue weighted by molar-refractivity contribution is 4.92. The third-order valence-electron chi connectivity index (χ3n) is 5.89. The summed E-state index contributed by atoms with van der Waals surface area (Å²) in [5.41, 5.74) is 0.675. The van der Waals surface area contributed by atoms with E-state index >= 15 is 0 Å². The Labute approximate surface area is 120 Å². The maximum absolute atomic E-state index is 3.58. The van der Waals surface area contributed by atoms with E-state index in [-0.39, 0.29) is 0 Å². The predicted octanol–water partition coefficient (Wildman–Crippen LogP) is 3.67. The first kappa shape index (κ1) is 15.3. The average molecular weight is 266 g/mol. The van der Waals surface area contributed by atoms with Crippen LogP contribution in [0, 0.1) is 11.3 Å². The van der Waals surface area contributed by atoms with Gasteiger partial charge in [-0.25, -0.2) is 0 Å². The molecule has 2 rings (SSSR count). The molecule has 19 heavy (non-hydrogen) atoms. The van der Waals surface area contributed by atoms with Crippen LogP contribution in [-0.2, 0) is 0 Å². The SMILES string of the molecule is CCN(CC)CCC1(C2CCCCC2)CCNCC1. The summed E-state index contributed by atoms with van der Waals surface area (Å²) in [7, 11) is 0. The highest BCUT2D eigenvalue weighted by Crippen LogP contribution is 2.47. The molecule has 1 aliphatic carbocycles. The third-order valence-corrected chi connectivity index (χ3v) is 5.89. The average Bonchev–Trinajstić information content (AvgIpc) is 2.50. The predicted molar refractivity (Wildman–Crippen MR) is 83.5 cm³/mol. The lowest BCUT2D eigenvalue weighted by atomic mass is 9.62. The molecule has 1 N–H and O–H groups in total. The van der Waals surface area contributed by atoms with Gasteiger partial charge in [-0.2, -0.15) is 0 Å². The van der Waals surface area contributed by atoms with Gasteiger partial charge in [0.1, 0.15) is 0 Å². The molecule has 2 heteroatoms. The van der Waals surface area contributed by atoms with E-state index in [4.69, 9.17) is 0 Å². The molecule has 2 aliphatic rings. The monoisotopic (exact) mass is 266 g/mol. The molecule has 0 spiro atoms. The summed E-state index contributed by atoms with van der Waals surface area (Å²) < 4.78 is 0. The lowest BCUT2D eigenvalue weighted by molar-refractivity contribution is 0.0531. The zero-order chi connectivity index (χ0) is 13.6. The Bertz CT molecular complexity index is 236. The molecule has 0 radical (unpaired) electrons. The summed E-state index contributed by atoms with van der Waals surface area (Å²) in [5.74, 6) is 1.03. The van der Waals surface area contributed by atoms with Crippen molar-refractivity contribution in [3.05, 3.63) is 0 Å². The molecule has 2 fully saturated rings. The van der Waals surface area contributed by atoms with E-state index in [2.05, 4.69) is 24.1 Å². The van der Waals surface area contributed by atoms with Crippen molar-refractivity contribution in [1.82, 2.24) is 10.2 Å². The number of rotatable bonds is 6. The summed E-state index contributed by atoms with van der Waals surface area (Å²) in [6.45, 7) is 10.9. The minimum Gasteiger partial charge on any atom is -0.317 e. The van der Waals surface area contributed by atoms with E-state index in [1.807, 2.05) is 0 Å². The summed E-state index contributed by atoms with van der Waals surface area (Å²) in [4.78, 5) is 2.62. The molecule has 0 unspecified atom stereocenters. The number of piperidine rings is 1. The zero-order valence-electron chi connectivity index (χ0n) is 13.2. The van der Waals surface area contributed by atoms with Crippen molar-refractivity contribution < 1.29 is 0 Å². The fraction of sp³-hybridized carbons (Fsp3) is 1.00. The molecule has 1 heterocycles. The smallest absolute Gasteiger partial charge is 0.00136 e. The highest BCUT2D eigenvalue weighted by atomic mass is 15.1. The molecule has 0 bridgehead atoms. The molecule has 1 aliphatic heterocycles. The Morgan fingerprint density at radius 3 is 2.21 bits per heavy atom. The molecular formula is C17H34N2. The van der Waals surface area contributed by atoms with Crippen LogP contribution in [0.4, 0.5) is 0 Å². The van der Waals surface area contributed by atoms with E-state index in [1.54, 1.807) is 0 Å². The highest BCUT2D eigenvalue weighted by Gasteiger charge is 2.39. The molecule has 0 aromatic rings. The Balaban J connectivity index is 1.97. The van der Waals surface area contributed by atoms with Crippen LogP contribution in [0.5, 0.6) is 0 Å². The van der Waals surface area contributed by atoms with Crippen molar-refractivity contribution in [3.63, 3.8) is 0 Å². The molecule has 0 amide bonds. The third kappa shape index (κ3) is 3.95. The van der Waals surface area contributed by atoms with Gasteiger partial charge in [-0.3, -0.25) is 0 Å². The van der Waals surface area contributed by atoms with Gasteiger partial charge >= 0.3 is 0 Å². The second-order valence-corrected chi connectivity index (χ2v) is 6.72. The molecule has 2 nitrogen and oxygen atoms in total. The fourth-order valence-corrected chi connectivity index (χ4v) is 4.42. The number of hydrogen-bond donors (Lipinski definition) is 1. The van der Waals surface area contributed by atoms with Crippen molar-refractivity contribution in [3.8, 4) is 0 Å². The molecule has 1 saturated heterocycles. The van der Waals surface area contributed by atoms with Gasteiger partial charge in [-0.1, -0.05) is 33.1 Å². The van der Waals surface area contributed by atoms with Crippen LogP contribution in [0.2, 0.25) is 0 Å². The van der Waals surface area contributed by atoms with Crippen molar-refractivity contribution in [2.75, 3.05) is 32.7 Å². The summed E-state index contributed by atoms with van der Waals surface area (Å²) in [5, 5.41) is 3.58. The quantitative estimate of drug-likeness (QED) is 0.789. The molecule has 0 aromatic heterocycles. The normalized spacial score (nSPS) is 24.8. The lowest BCUT2D eigenvalue weighted by Crippen LogP contribution is -2.44. The van der Waals surface area contributed by atoms with E-state index in [9.17, 15) is 0 Å². The van der Waals surface area contributed by atoms with Gasteiger partial charge in [0.2, 0.25) is 0 Å². The minimum absolute atomic E-state index is 0.675. The Morgan fingerprint density at radius 2 is 1.63 bits per heavy atom. The summed E-state index contributed by atoms with van der Waals surface area (Å²) in [6.07, 6.45) is 11.8. The second-order valence-electron chi connectivity index (χ2n) is 6.72. The number of nitrogens with zero attached hydrogens (tertiary/aromatic N) is 1. The summed E-state index contributed by atoms with van der Waals surface area (Å²) in [6, 6.07) is 0. The van der Waals surface area contributed by atoms with Crippen molar-refractivity contribution in [2.45, 2.75) is 65.2 Å². The van der Waals surface area contributed by atoms with Crippen molar-refractivity contribution in [1.29, 1.82) is 0 Å². The van der Waals surface area contributed by atoms with Gasteiger partial charge in [0, 0.05) is 0 Å². The van der Waals surface area contributed by atoms with Gasteiger partial charge in [0.05, 0.1) is 0 Å². The van der Waals surface area contributed by atoms with E-state index in [0.717, 1.165) is 5.92 Å². The molecular weight excluding hydrogens is 232 g/mol. The van der Waals surface area contributed by atoms with E-state index < -0.39 is 0 Å². The van der Waals surface area contributed by atoms with Gasteiger partial charge in [-0.15, -0.1) is 0 Å². The maximum atomic E-state index is 3.58. The van der Waals surface area contributed by atoms with Gasteiger partial charge in [-0.05, 0) is 76.2 Å². The van der Waals surface area contributed by atoms with Crippen LogP contribution in [0.1, 0.15) is 65.2 Å². The Hall–Kier alpha value is -0.0800. The number of hydrogen-bond acceptors (Lipinski definition) is 2. The topological polar surface area (TPSA) is 15.3 Å². The fourth-order valence-electron chi connectivity index (χ4n) is 4.42. The van der Waals surface area contributed by atoms with Crippen molar-refractivity contribution in [2.24, 2.45) is 11.3 Å². The molecule has 1 saturated carbocycles. The van der Waals surface area contributed by atoms with Gasteiger partial charge in [0.25, 0.3) is 0 Å². The zero-order valence-corrected chi connectivity index (χ0v) is 13.2. The largest absolute Gasteiger partial charge is 0.317 e. The van der Waals surface area contributed by atoms with Gasteiger partial charge in [0.15, 0.2) is 0 Å². The number of nitrogens with one attached hydrogen (secondary N) is 1. The van der Waals surface area contributed by atoms with Crippen LogP contribution in [0.25, 0.3) is 0 Å². The molecule has 0 atom stereocenters. The maximum Gasteiger partial charge on any atom is -0.00136 e. The second kappa shape index (κ2) is 7.64. The lowest BCUT2D eigenvalue weighted by Gasteiger charge is -2.46. The Kier molecular flexibility index (Phi) is 6.15. The Morgan fingerprint density at radius 1 is 1.00 bits per heavy atom. The van der Waals surface area contributed by atoms with Crippen LogP contribution < -0.4 is 5.32 Å². The van der Waals surface area contributed by atoms with E-state index in [1.165, 1.54) is 84.1 Å². The first-order valence-corrected chi connectivity index (χ1v) is 8.74. The van der Waals surface area contributed by atoms with Crippen molar-refractivity contribution >= 4 is 0 Å². The molecule has 0 aromatic carbocycles. The first-order valence-electron chi connectivity index (χ1n) is 8.74. The van der Waals surface area contributed by atoms with Crippen LogP contribution >= 0.6 is 0 Å². The first-order chi connectivity index (χ1) is 9.30. The molecule has 112 valence electrons.